The van der Waals surface area contributed by atoms with Crippen molar-refractivity contribution in [3.8, 4) is 0 Å². The van der Waals surface area contributed by atoms with E-state index in [-0.39, 0.29) is 5.54 Å². The summed E-state index contributed by atoms with van der Waals surface area (Å²) >= 11 is 0. The highest BCUT2D eigenvalue weighted by Gasteiger charge is 2.10. The third-order valence-electron chi connectivity index (χ3n) is 2.33. The fourth-order valence-electron chi connectivity index (χ4n) is 1.47. The maximum absolute atomic E-state index is 12.9. The van der Waals surface area contributed by atoms with Gasteiger partial charge in [0, 0.05) is 25.2 Å². The van der Waals surface area contributed by atoms with Gasteiger partial charge in [-0.3, -0.25) is 0 Å². The molecule has 5 heteroatoms. The van der Waals surface area contributed by atoms with Gasteiger partial charge < -0.3 is 10.6 Å². The quantitative estimate of drug-likeness (QED) is 0.628. The highest BCUT2D eigenvalue weighted by molar-refractivity contribution is 5.19. The Bertz CT molecular complexity index is 377. The summed E-state index contributed by atoms with van der Waals surface area (Å²) in [5.41, 5.74) is 0.428. The lowest BCUT2D eigenvalue weighted by atomic mass is 10.1. The summed E-state index contributed by atoms with van der Waals surface area (Å²) in [7, 11) is 0. The van der Waals surface area contributed by atoms with Crippen LogP contribution in [0.15, 0.2) is 12.1 Å². The zero-order valence-corrected chi connectivity index (χ0v) is 10.9. The smallest absolute Gasteiger partial charge is 0.194 e. The van der Waals surface area contributed by atoms with Gasteiger partial charge >= 0.3 is 0 Å². The molecule has 102 valence electrons. The van der Waals surface area contributed by atoms with E-state index in [9.17, 15) is 13.2 Å². The first-order valence-corrected chi connectivity index (χ1v) is 5.89. The summed E-state index contributed by atoms with van der Waals surface area (Å²) in [6.45, 7) is 7.88. The number of hydrogen-bond donors (Lipinski definition) is 2. The lowest BCUT2D eigenvalue weighted by Gasteiger charge is -2.20. The molecule has 0 heterocycles. The van der Waals surface area contributed by atoms with Crippen molar-refractivity contribution in [3.05, 3.63) is 35.1 Å². The molecule has 1 rings (SSSR count). The first-order valence-electron chi connectivity index (χ1n) is 5.89. The highest BCUT2D eigenvalue weighted by atomic mass is 19.2. The van der Waals surface area contributed by atoms with Crippen molar-refractivity contribution in [2.75, 3.05) is 13.1 Å². The molecule has 18 heavy (non-hydrogen) atoms. The van der Waals surface area contributed by atoms with Crippen molar-refractivity contribution in [2.45, 2.75) is 32.9 Å². The molecule has 0 unspecified atom stereocenters. The molecule has 0 aliphatic heterocycles. The van der Waals surface area contributed by atoms with Gasteiger partial charge in [0.25, 0.3) is 0 Å². The summed E-state index contributed by atoms with van der Waals surface area (Å²) in [6.07, 6.45) is 0. The van der Waals surface area contributed by atoms with Gasteiger partial charge in [-0.2, -0.15) is 0 Å². The van der Waals surface area contributed by atoms with Crippen molar-refractivity contribution in [1.82, 2.24) is 10.6 Å². The van der Waals surface area contributed by atoms with Crippen molar-refractivity contribution >= 4 is 0 Å². The lowest BCUT2D eigenvalue weighted by molar-refractivity contribution is 0.420. The van der Waals surface area contributed by atoms with Crippen LogP contribution in [0.4, 0.5) is 13.2 Å². The minimum Gasteiger partial charge on any atom is -0.311 e. The Morgan fingerprint density at radius 2 is 1.56 bits per heavy atom. The molecule has 0 aliphatic rings. The number of nitrogens with one attached hydrogen (secondary N) is 2. The van der Waals surface area contributed by atoms with E-state index in [1.165, 1.54) is 0 Å². The molecule has 0 fully saturated rings. The highest BCUT2D eigenvalue weighted by Crippen LogP contribution is 2.13. The molecule has 2 nitrogen and oxygen atoms in total. The van der Waals surface area contributed by atoms with Gasteiger partial charge in [-0.25, -0.2) is 13.2 Å². The Kier molecular flexibility index (Phi) is 5.16. The van der Waals surface area contributed by atoms with Gasteiger partial charge in [0.1, 0.15) is 0 Å². The standard InChI is InChI=1S/C13H19F3N2/c1-13(2,3)18-5-4-17-8-9-6-10(14)12(16)11(15)7-9/h6-7,17-18H,4-5,8H2,1-3H3. The Labute approximate surface area is 106 Å². The van der Waals surface area contributed by atoms with Crippen LogP contribution in [0.5, 0.6) is 0 Å². The topological polar surface area (TPSA) is 24.1 Å². The zero-order chi connectivity index (χ0) is 13.8. The Morgan fingerprint density at radius 3 is 2.06 bits per heavy atom. The molecular formula is C13H19F3N2. The summed E-state index contributed by atoms with van der Waals surface area (Å²) in [5.74, 6) is -3.73. The van der Waals surface area contributed by atoms with Crippen molar-refractivity contribution in [2.24, 2.45) is 0 Å². The Hall–Kier alpha value is -1.07. The molecule has 0 saturated carbocycles. The number of rotatable bonds is 5. The van der Waals surface area contributed by atoms with Crippen LogP contribution in [-0.2, 0) is 6.54 Å². The third-order valence-corrected chi connectivity index (χ3v) is 2.33. The van der Waals surface area contributed by atoms with E-state index in [0.29, 0.717) is 18.7 Å². The average molecular weight is 260 g/mol. The van der Waals surface area contributed by atoms with E-state index < -0.39 is 17.5 Å². The second-order valence-corrected chi connectivity index (χ2v) is 5.23. The van der Waals surface area contributed by atoms with Crippen LogP contribution < -0.4 is 10.6 Å². The first-order chi connectivity index (χ1) is 8.29. The van der Waals surface area contributed by atoms with Crippen molar-refractivity contribution < 1.29 is 13.2 Å². The fourth-order valence-corrected chi connectivity index (χ4v) is 1.47. The van der Waals surface area contributed by atoms with Crippen LogP contribution in [0, 0.1) is 17.5 Å². The molecule has 0 amide bonds. The van der Waals surface area contributed by atoms with Crippen LogP contribution in [-0.4, -0.2) is 18.6 Å². The monoisotopic (exact) mass is 260 g/mol. The molecule has 2 N–H and O–H groups in total. The van der Waals surface area contributed by atoms with E-state index in [1.54, 1.807) is 0 Å². The Morgan fingerprint density at radius 1 is 1.00 bits per heavy atom. The molecule has 0 atom stereocenters. The van der Waals surface area contributed by atoms with Gasteiger partial charge in [-0.1, -0.05) is 0 Å². The molecule has 0 radical (unpaired) electrons. The summed E-state index contributed by atoms with van der Waals surface area (Å²) in [4.78, 5) is 0. The minimum absolute atomic E-state index is 0.0375. The van der Waals surface area contributed by atoms with E-state index >= 15 is 0 Å². The second kappa shape index (κ2) is 6.20. The molecular weight excluding hydrogens is 241 g/mol. The third kappa shape index (κ3) is 5.06. The molecule has 1 aromatic carbocycles. The average Bonchev–Trinajstić information content (AvgIpc) is 2.23. The number of benzene rings is 1. The van der Waals surface area contributed by atoms with Crippen LogP contribution in [0.25, 0.3) is 0 Å². The van der Waals surface area contributed by atoms with Gasteiger partial charge in [0.15, 0.2) is 17.5 Å². The van der Waals surface area contributed by atoms with Gasteiger partial charge in [-0.15, -0.1) is 0 Å². The van der Waals surface area contributed by atoms with E-state index in [0.717, 1.165) is 18.7 Å². The molecule has 0 bridgehead atoms. The van der Waals surface area contributed by atoms with Crippen LogP contribution in [0.3, 0.4) is 0 Å². The molecule has 1 aromatic rings. The Balaban J connectivity index is 2.36. The zero-order valence-electron chi connectivity index (χ0n) is 10.9. The molecule has 0 aliphatic carbocycles. The van der Waals surface area contributed by atoms with Crippen LogP contribution in [0.1, 0.15) is 26.3 Å². The SMILES string of the molecule is CC(C)(C)NCCNCc1cc(F)c(F)c(F)c1. The predicted molar refractivity (Wildman–Crippen MR) is 65.8 cm³/mol. The molecule has 0 aromatic heterocycles. The number of halogens is 3. The minimum atomic E-state index is -1.42. The van der Waals surface area contributed by atoms with E-state index in [4.69, 9.17) is 0 Å². The summed E-state index contributed by atoms with van der Waals surface area (Å²) < 4.78 is 38.5. The summed E-state index contributed by atoms with van der Waals surface area (Å²) in [5, 5.41) is 6.30. The van der Waals surface area contributed by atoms with Crippen LogP contribution in [0.2, 0.25) is 0 Å². The molecule has 0 spiro atoms. The second-order valence-electron chi connectivity index (χ2n) is 5.23. The van der Waals surface area contributed by atoms with E-state index in [2.05, 4.69) is 31.4 Å². The van der Waals surface area contributed by atoms with Gasteiger partial charge in [0.05, 0.1) is 0 Å². The maximum atomic E-state index is 12.9. The maximum Gasteiger partial charge on any atom is 0.194 e. The van der Waals surface area contributed by atoms with Crippen molar-refractivity contribution in [3.63, 3.8) is 0 Å². The number of hydrogen-bond acceptors (Lipinski definition) is 2. The van der Waals surface area contributed by atoms with Gasteiger partial charge in [-0.05, 0) is 38.5 Å². The largest absolute Gasteiger partial charge is 0.311 e. The first kappa shape index (κ1) is 15.0. The predicted octanol–water partition coefficient (Wildman–Crippen LogP) is 2.58. The van der Waals surface area contributed by atoms with Crippen LogP contribution >= 0.6 is 0 Å². The van der Waals surface area contributed by atoms with E-state index in [1.807, 2.05) is 0 Å². The lowest BCUT2D eigenvalue weighted by Crippen LogP contribution is -2.40. The fraction of sp³-hybridized carbons (Fsp3) is 0.538. The van der Waals surface area contributed by atoms with Crippen molar-refractivity contribution in [1.29, 1.82) is 0 Å². The van der Waals surface area contributed by atoms with Gasteiger partial charge in [0.2, 0.25) is 0 Å². The normalized spacial score (nSPS) is 11.9. The molecule has 0 saturated heterocycles. The summed E-state index contributed by atoms with van der Waals surface area (Å²) in [6, 6.07) is 2.01.